The molecule has 0 N–H and O–H groups in total. The summed E-state index contributed by atoms with van der Waals surface area (Å²) in [5, 5.41) is 0. The zero-order chi connectivity index (χ0) is 15.5. The third-order valence-corrected chi connectivity index (χ3v) is 4.50. The van der Waals surface area contributed by atoms with E-state index in [4.69, 9.17) is 0 Å². The molecule has 0 aromatic carbocycles. The molecule has 0 aromatic heterocycles. The molecule has 0 aromatic rings. The molecule has 1 fully saturated rings. The zero-order valence-corrected chi connectivity index (χ0v) is 14.0. The van der Waals surface area contributed by atoms with E-state index in [-0.39, 0.29) is 17.5 Å². The molecule has 2 heteroatoms. The quantitative estimate of drug-likeness (QED) is 0.307. The van der Waals surface area contributed by atoms with Gasteiger partial charge in [-0.1, -0.05) is 57.1 Å². The van der Waals surface area contributed by atoms with E-state index in [1.807, 2.05) is 0 Å². The fourth-order valence-corrected chi connectivity index (χ4v) is 3.01. The Hall–Kier alpha value is -0.920. The van der Waals surface area contributed by atoms with Gasteiger partial charge in [0.15, 0.2) is 0 Å². The van der Waals surface area contributed by atoms with Crippen LogP contribution in [0.4, 0.5) is 0 Å². The van der Waals surface area contributed by atoms with Gasteiger partial charge in [-0.15, -0.1) is 0 Å². The summed E-state index contributed by atoms with van der Waals surface area (Å²) >= 11 is 0. The van der Waals surface area contributed by atoms with Gasteiger partial charge in [-0.05, 0) is 32.6 Å². The smallest absolute Gasteiger partial charge is 0.143 e. The Labute approximate surface area is 130 Å². The molecule has 120 valence electrons. The van der Waals surface area contributed by atoms with Crippen molar-refractivity contribution in [3.63, 3.8) is 0 Å². The fourth-order valence-electron chi connectivity index (χ4n) is 3.01. The zero-order valence-electron chi connectivity index (χ0n) is 14.0. The third-order valence-electron chi connectivity index (χ3n) is 4.50. The molecule has 1 rings (SSSR count). The normalized spacial score (nSPS) is 17.5. The maximum Gasteiger partial charge on any atom is 0.143 e. The molecular weight excluding hydrogens is 260 g/mol. The first-order chi connectivity index (χ1) is 10.1. The van der Waals surface area contributed by atoms with Crippen LogP contribution in [-0.4, -0.2) is 11.6 Å². The van der Waals surface area contributed by atoms with Crippen molar-refractivity contribution in [2.45, 2.75) is 90.9 Å². The predicted molar refractivity (Wildman–Crippen MR) is 88.3 cm³/mol. The van der Waals surface area contributed by atoms with Crippen molar-refractivity contribution >= 4 is 11.6 Å². The second-order valence-corrected chi connectivity index (χ2v) is 6.50. The van der Waals surface area contributed by atoms with E-state index < -0.39 is 0 Å². The minimum atomic E-state index is -0.331. The van der Waals surface area contributed by atoms with Crippen molar-refractivity contribution in [3.8, 4) is 0 Å². The molecular formula is C19H32O2. The molecule has 0 bridgehead atoms. The van der Waals surface area contributed by atoms with E-state index in [1.165, 1.54) is 50.5 Å². The summed E-state index contributed by atoms with van der Waals surface area (Å²) in [6.07, 6.45) is 15.1. The van der Waals surface area contributed by atoms with Gasteiger partial charge in [0.1, 0.15) is 11.6 Å². The Bertz CT molecular complexity index is 339. The molecule has 0 amide bonds. The highest BCUT2D eigenvalue weighted by molar-refractivity contribution is 6.04. The number of ketones is 2. The van der Waals surface area contributed by atoms with Crippen LogP contribution < -0.4 is 0 Å². The van der Waals surface area contributed by atoms with Gasteiger partial charge in [-0.2, -0.15) is 0 Å². The molecule has 1 aliphatic carbocycles. The minimum Gasteiger partial charge on any atom is -0.299 e. The van der Waals surface area contributed by atoms with Crippen LogP contribution in [0.15, 0.2) is 11.6 Å². The van der Waals surface area contributed by atoms with E-state index in [9.17, 15) is 9.59 Å². The lowest BCUT2D eigenvalue weighted by Gasteiger charge is -2.18. The van der Waals surface area contributed by atoms with Crippen LogP contribution in [0, 0.1) is 5.92 Å². The Morgan fingerprint density at radius 2 is 1.57 bits per heavy atom. The van der Waals surface area contributed by atoms with Gasteiger partial charge in [-0.25, -0.2) is 0 Å². The molecule has 1 saturated carbocycles. The molecule has 0 radical (unpaired) electrons. The number of carbonyl (C=O) groups is 2. The van der Waals surface area contributed by atoms with Crippen LogP contribution in [-0.2, 0) is 9.59 Å². The number of hydrogen-bond acceptors (Lipinski definition) is 2. The summed E-state index contributed by atoms with van der Waals surface area (Å²) in [7, 11) is 0. The molecule has 0 atom stereocenters. The average molecular weight is 292 g/mol. The third kappa shape index (κ3) is 7.59. The lowest BCUT2D eigenvalue weighted by atomic mass is 9.84. The second kappa shape index (κ2) is 10.8. The van der Waals surface area contributed by atoms with Crippen LogP contribution >= 0.6 is 0 Å². The maximum absolute atomic E-state index is 11.8. The van der Waals surface area contributed by atoms with E-state index in [2.05, 4.69) is 19.9 Å². The minimum absolute atomic E-state index is 0.159. The Morgan fingerprint density at radius 1 is 1.00 bits per heavy atom. The Morgan fingerprint density at radius 3 is 2.19 bits per heavy atom. The van der Waals surface area contributed by atoms with E-state index in [0.717, 1.165) is 12.8 Å². The number of hydrogen-bond donors (Lipinski definition) is 0. The summed E-state index contributed by atoms with van der Waals surface area (Å²) in [5.41, 5.74) is 1.34. The standard InChI is InChI=1S/C19H32O2/c1-3-4-5-6-7-8-9-11-16(2)14-15-17-18(20)12-10-13-19(17)21/h14,17H,3-13,15H2,1-2H3. The fraction of sp³-hybridized carbons (Fsp3) is 0.789. The van der Waals surface area contributed by atoms with Crippen LogP contribution in [0.2, 0.25) is 0 Å². The van der Waals surface area contributed by atoms with Crippen molar-refractivity contribution in [2.75, 3.05) is 0 Å². The largest absolute Gasteiger partial charge is 0.299 e. The highest BCUT2D eigenvalue weighted by Crippen LogP contribution is 2.22. The second-order valence-electron chi connectivity index (χ2n) is 6.50. The Kier molecular flexibility index (Phi) is 9.29. The molecule has 0 heterocycles. The summed E-state index contributed by atoms with van der Waals surface area (Å²) in [4.78, 5) is 23.5. The van der Waals surface area contributed by atoms with Gasteiger partial charge in [0.2, 0.25) is 0 Å². The molecule has 0 spiro atoms. The summed E-state index contributed by atoms with van der Waals surface area (Å²) in [6, 6.07) is 0. The molecule has 2 nitrogen and oxygen atoms in total. The molecule has 1 aliphatic rings. The first kappa shape index (κ1) is 18.1. The van der Waals surface area contributed by atoms with Gasteiger partial charge >= 0.3 is 0 Å². The number of Topliss-reactive ketones (excluding diaryl/α,β-unsaturated/α-hetero) is 2. The first-order valence-corrected chi connectivity index (χ1v) is 8.86. The molecule has 21 heavy (non-hydrogen) atoms. The first-order valence-electron chi connectivity index (χ1n) is 8.86. The molecule has 0 aliphatic heterocycles. The van der Waals surface area contributed by atoms with Crippen LogP contribution in [0.25, 0.3) is 0 Å². The predicted octanol–water partition coefficient (Wildman–Crippen LogP) is 5.40. The summed E-state index contributed by atoms with van der Waals surface area (Å²) in [5.74, 6) is -0.0137. The van der Waals surface area contributed by atoms with Crippen molar-refractivity contribution in [2.24, 2.45) is 5.92 Å². The maximum atomic E-state index is 11.8. The van der Waals surface area contributed by atoms with Gasteiger partial charge in [-0.3, -0.25) is 9.59 Å². The van der Waals surface area contributed by atoms with E-state index in [1.54, 1.807) is 0 Å². The molecule has 0 saturated heterocycles. The molecule has 0 unspecified atom stereocenters. The SMILES string of the molecule is CCCCCCCCCC(C)=CCC1C(=O)CCCC1=O. The lowest BCUT2D eigenvalue weighted by molar-refractivity contribution is -0.135. The van der Waals surface area contributed by atoms with Crippen molar-refractivity contribution in [1.82, 2.24) is 0 Å². The summed E-state index contributed by atoms with van der Waals surface area (Å²) in [6.45, 7) is 4.38. The van der Waals surface area contributed by atoms with Gasteiger partial charge < -0.3 is 0 Å². The Balaban J connectivity index is 2.15. The van der Waals surface area contributed by atoms with Crippen LogP contribution in [0.3, 0.4) is 0 Å². The lowest BCUT2D eigenvalue weighted by Crippen LogP contribution is -2.28. The number of carbonyl (C=O) groups excluding carboxylic acids is 2. The highest BCUT2D eigenvalue weighted by Gasteiger charge is 2.28. The van der Waals surface area contributed by atoms with Crippen molar-refractivity contribution < 1.29 is 9.59 Å². The number of rotatable bonds is 10. The van der Waals surface area contributed by atoms with Crippen LogP contribution in [0.1, 0.15) is 90.9 Å². The average Bonchev–Trinajstić information content (AvgIpc) is 2.46. The monoisotopic (exact) mass is 292 g/mol. The van der Waals surface area contributed by atoms with Crippen LogP contribution in [0.5, 0.6) is 0 Å². The van der Waals surface area contributed by atoms with Crippen molar-refractivity contribution in [3.05, 3.63) is 11.6 Å². The van der Waals surface area contributed by atoms with E-state index >= 15 is 0 Å². The van der Waals surface area contributed by atoms with Gasteiger partial charge in [0.25, 0.3) is 0 Å². The van der Waals surface area contributed by atoms with Gasteiger partial charge in [0.05, 0.1) is 5.92 Å². The number of unbranched alkanes of at least 4 members (excludes halogenated alkanes) is 6. The topological polar surface area (TPSA) is 34.1 Å². The van der Waals surface area contributed by atoms with Gasteiger partial charge in [0, 0.05) is 12.8 Å². The summed E-state index contributed by atoms with van der Waals surface area (Å²) < 4.78 is 0. The van der Waals surface area contributed by atoms with E-state index in [0.29, 0.717) is 19.3 Å². The number of allylic oxidation sites excluding steroid dienone is 2. The van der Waals surface area contributed by atoms with Crippen molar-refractivity contribution in [1.29, 1.82) is 0 Å². The highest BCUT2D eigenvalue weighted by atomic mass is 16.2.